The zero-order valence-electron chi connectivity index (χ0n) is 19.2. The molecule has 15 heteroatoms. The summed E-state index contributed by atoms with van der Waals surface area (Å²) in [6.45, 7) is 0.713. The Morgan fingerprint density at radius 1 is 1.29 bits per heavy atom. The first-order valence-electron chi connectivity index (χ1n) is 10.3. The standard InChI is InChI=1S/C18H27FN4O4S.C2HF3O2/c1-22(2)18(24)9-14-5-7-23(8-6-14)28(25,26)16-3-4-17(21-12-16)27-13-15(10-19)11-20;3-2(4,5)1(6)7/h3-4,10,12,14H,5-9,11,13,20H2,1-2H3;(H,6,7)/b15-10+;. The molecule has 0 bridgehead atoms. The molecule has 0 unspecified atom stereocenters. The fourth-order valence-corrected chi connectivity index (χ4v) is 4.25. The molecule has 1 fully saturated rings. The largest absolute Gasteiger partial charge is 0.490 e. The highest BCUT2D eigenvalue weighted by Crippen LogP contribution is 2.26. The summed E-state index contributed by atoms with van der Waals surface area (Å²) < 4.78 is 76.5. The highest BCUT2D eigenvalue weighted by Gasteiger charge is 2.38. The van der Waals surface area contributed by atoms with Gasteiger partial charge in [-0.1, -0.05) is 0 Å². The molecule has 0 radical (unpaired) electrons. The number of hydrogen-bond donors (Lipinski definition) is 2. The van der Waals surface area contributed by atoms with Crippen molar-refractivity contribution >= 4 is 21.9 Å². The summed E-state index contributed by atoms with van der Waals surface area (Å²) in [5.41, 5.74) is 5.62. The average molecular weight is 529 g/mol. The second kappa shape index (κ2) is 13.3. The van der Waals surface area contributed by atoms with Gasteiger partial charge in [-0.3, -0.25) is 4.79 Å². The molecule has 2 rings (SSSR count). The quantitative estimate of drug-likeness (QED) is 0.486. The maximum absolute atomic E-state index is 12.8. The summed E-state index contributed by atoms with van der Waals surface area (Å²) in [6, 6.07) is 2.85. The lowest BCUT2D eigenvalue weighted by Gasteiger charge is -2.31. The SMILES string of the molecule is CN(C)C(=O)CC1CCN(S(=O)(=O)c2ccc(OC/C(=C/F)CN)nc2)CC1.O=C(O)C(F)(F)F. The second-order valence-electron chi connectivity index (χ2n) is 7.73. The number of carbonyl (C=O) groups is 2. The number of carboxylic acid groups (broad SMARTS) is 1. The van der Waals surface area contributed by atoms with E-state index in [2.05, 4.69) is 4.98 Å². The number of alkyl halides is 3. The Morgan fingerprint density at radius 2 is 1.86 bits per heavy atom. The molecule has 10 nitrogen and oxygen atoms in total. The van der Waals surface area contributed by atoms with Crippen LogP contribution in [0.15, 0.2) is 35.1 Å². The third kappa shape index (κ3) is 9.78. The van der Waals surface area contributed by atoms with Crippen molar-refractivity contribution in [1.82, 2.24) is 14.2 Å². The fourth-order valence-electron chi connectivity index (χ4n) is 2.84. The minimum atomic E-state index is -5.08. The van der Waals surface area contributed by atoms with Crippen LogP contribution in [0.5, 0.6) is 5.88 Å². The third-order valence-electron chi connectivity index (χ3n) is 4.95. The molecule has 1 aliphatic rings. The summed E-state index contributed by atoms with van der Waals surface area (Å²) in [5, 5.41) is 7.12. The molecule has 35 heavy (non-hydrogen) atoms. The van der Waals surface area contributed by atoms with E-state index in [1.54, 1.807) is 19.0 Å². The van der Waals surface area contributed by atoms with Crippen molar-refractivity contribution in [2.24, 2.45) is 11.7 Å². The molecule has 1 aliphatic heterocycles. The van der Waals surface area contributed by atoms with Crippen molar-refractivity contribution in [2.75, 3.05) is 40.3 Å². The van der Waals surface area contributed by atoms with Crippen molar-refractivity contribution in [3.8, 4) is 5.88 Å². The lowest BCUT2D eigenvalue weighted by Crippen LogP contribution is -2.39. The molecular formula is C20H28F4N4O6S. The monoisotopic (exact) mass is 528 g/mol. The van der Waals surface area contributed by atoms with E-state index in [1.807, 2.05) is 0 Å². The number of halogens is 4. The zero-order chi connectivity index (χ0) is 26.8. The van der Waals surface area contributed by atoms with E-state index in [4.69, 9.17) is 20.4 Å². The predicted octanol–water partition coefficient (Wildman–Crippen LogP) is 1.78. The summed E-state index contributed by atoms with van der Waals surface area (Å²) in [7, 11) is -0.228. The number of nitrogens with two attached hydrogens (primary N) is 1. The average Bonchev–Trinajstić information content (AvgIpc) is 2.80. The lowest BCUT2D eigenvalue weighted by molar-refractivity contribution is -0.192. The molecule has 1 saturated heterocycles. The van der Waals surface area contributed by atoms with E-state index in [0.717, 1.165) is 0 Å². The second-order valence-corrected chi connectivity index (χ2v) is 9.67. The molecule has 1 aromatic rings. The van der Waals surface area contributed by atoms with Crippen LogP contribution in [0.3, 0.4) is 0 Å². The summed E-state index contributed by atoms with van der Waals surface area (Å²) in [4.78, 5) is 26.3. The van der Waals surface area contributed by atoms with Gasteiger partial charge < -0.3 is 20.5 Å². The Balaban J connectivity index is 0.000000762. The van der Waals surface area contributed by atoms with Crippen LogP contribution in [0.1, 0.15) is 19.3 Å². The predicted molar refractivity (Wildman–Crippen MR) is 116 cm³/mol. The Kier molecular flexibility index (Phi) is 11.5. The minimum absolute atomic E-state index is 0.0268. The highest BCUT2D eigenvalue weighted by atomic mass is 32.2. The molecule has 0 saturated carbocycles. The number of nitrogens with zero attached hydrogens (tertiary/aromatic N) is 3. The lowest BCUT2D eigenvalue weighted by atomic mass is 9.94. The normalized spacial score (nSPS) is 15.7. The number of carboxylic acids is 1. The van der Waals surface area contributed by atoms with Gasteiger partial charge in [-0.25, -0.2) is 22.6 Å². The number of rotatable bonds is 8. The van der Waals surface area contributed by atoms with Crippen LogP contribution in [-0.4, -0.2) is 86.1 Å². The van der Waals surface area contributed by atoms with Crippen molar-refractivity contribution in [2.45, 2.75) is 30.3 Å². The topological polar surface area (TPSA) is 143 Å². The van der Waals surface area contributed by atoms with Crippen molar-refractivity contribution < 1.29 is 45.4 Å². The smallest absolute Gasteiger partial charge is 0.475 e. The number of ether oxygens (including phenoxy) is 1. The molecular weight excluding hydrogens is 500 g/mol. The third-order valence-corrected chi connectivity index (χ3v) is 6.83. The first-order chi connectivity index (χ1) is 16.2. The van der Waals surface area contributed by atoms with Gasteiger partial charge in [0.25, 0.3) is 0 Å². The molecule has 0 aliphatic carbocycles. The van der Waals surface area contributed by atoms with Gasteiger partial charge in [0.1, 0.15) is 11.5 Å². The molecule has 0 spiro atoms. The van der Waals surface area contributed by atoms with E-state index in [9.17, 15) is 30.8 Å². The zero-order valence-corrected chi connectivity index (χ0v) is 20.0. The van der Waals surface area contributed by atoms with E-state index in [-0.39, 0.29) is 41.3 Å². The Labute approximate surface area is 200 Å². The van der Waals surface area contributed by atoms with Crippen molar-refractivity contribution in [1.29, 1.82) is 0 Å². The van der Waals surface area contributed by atoms with E-state index >= 15 is 0 Å². The van der Waals surface area contributed by atoms with Gasteiger partial charge in [0.05, 0.1) is 12.5 Å². The molecule has 1 amide bonds. The van der Waals surface area contributed by atoms with E-state index in [1.165, 1.54) is 22.6 Å². The summed E-state index contributed by atoms with van der Waals surface area (Å²) in [5.74, 6) is -2.32. The van der Waals surface area contributed by atoms with Gasteiger partial charge in [0.15, 0.2) is 0 Å². The molecule has 0 atom stereocenters. The number of amides is 1. The molecule has 0 aromatic carbocycles. The molecule has 3 N–H and O–H groups in total. The number of aromatic nitrogens is 1. The van der Waals surface area contributed by atoms with Gasteiger partial charge in [0.2, 0.25) is 21.8 Å². The van der Waals surface area contributed by atoms with Crippen LogP contribution >= 0.6 is 0 Å². The minimum Gasteiger partial charge on any atom is -0.475 e. The van der Waals surface area contributed by atoms with Gasteiger partial charge >= 0.3 is 12.1 Å². The maximum atomic E-state index is 12.8. The van der Waals surface area contributed by atoms with Gasteiger partial charge in [-0.2, -0.15) is 17.5 Å². The number of hydrogen-bond acceptors (Lipinski definition) is 7. The summed E-state index contributed by atoms with van der Waals surface area (Å²) >= 11 is 0. The number of aliphatic carboxylic acids is 1. The van der Waals surface area contributed by atoms with E-state index in [0.29, 0.717) is 38.7 Å². The Bertz CT molecular complexity index is 976. The first-order valence-corrected chi connectivity index (χ1v) is 11.7. The van der Waals surface area contributed by atoms with Crippen molar-refractivity contribution in [3.05, 3.63) is 30.2 Å². The molecule has 198 valence electrons. The van der Waals surface area contributed by atoms with Crippen LogP contribution in [0.4, 0.5) is 17.6 Å². The molecule has 1 aromatic heterocycles. The van der Waals surface area contributed by atoms with Crippen LogP contribution in [0, 0.1) is 5.92 Å². The Hall–Kier alpha value is -2.78. The number of piperidine rings is 1. The summed E-state index contributed by atoms with van der Waals surface area (Å²) in [6.07, 6.45) is -1.75. The van der Waals surface area contributed by atoms with E-state index < -0.39 is 22.2 Å². The van der Waals surface area contributed by atoms with Crippen LogP contribution in [0.2, 0.25) is 0 Å². The maximum Gasteiger partial charge on any atom is 0.490 e. The number of sulfonamides is 1. The van der Waals surface area contributed by atoms with Gasteiger partial charge in [-0.15, -0.1) is 0 Å². The number of carbonyl (C=O) groups excluding carboxylic acids is 1. The fraction of sp³-hybridized carbons (Fsp3) is 0.550. The van der Waals surface area contributed by atoms with Crippen LogP contribution in [-0.2, 0) is 19.6 Å². The van der Waals surface area contributed by atoms with Gasteiger partial charge in [0, 0.05) is 51.8 Å². The van der Waals surface area contributed by atoms with Crippen molar-refractivity contribution in [3.63, 3.8) is 0 Å². The first kappa shape index (κ1) is 30.3. The highest BCUT2D eigenvalue weighted by molar-refractivity contribution is 7.89. The van der Waals surface area contributed by atoms with Gasteiger partial charge in [-0.05, 0) is 24.8 Å². The van der Waals surface area contributed by atoms with Crippen LogP contribution < -0.4 is 10.5 Å². The number of pyridine rings is 1. The molecule has 2 heterocycles. The van der Waals surface area contributed by atoms with Crippen LogP contribution in [0.25, 0.3) is 0 Å². The Morgan fingerprint density at radius 3 is 2.26 bits per heavy atom.